The molecule has 1 fully saturated rings. The third kappa shape index (κ3) is 2.25. The molecule has 3 aromatic heterocycles. The quantitative estimate of drug-likeness (QED) is 0.603. The van der Waals surface area contributed by atoms with Gasteiger partial charge in [0.25, 0.3) is 0 Å². The van der Waals surface area contributed by atoms with Gasteiger partial charge >= 0.3 is 0 Å². The number of furan rings is 1. The van der Waals surface area contributed by atoms with Gasteiger partial charge in [0.15, 0.2) is 5.76 Å². The SMILES string of the molecule is O=C(Nc1cccc2nsnc12)C1(c2cc(-c3ccco3)on2)CC1. The minimum absolute atomic E-state index is 0.104. The summed E-state index contributed by atoms with van der Waals surface area (Å²) in [7, 11) is 0. The van der Waals surface area contributed by atoms with E-state index in [0.717, 1.165) is 30.1 Å². The highest BCUT2D eigenvalue weighted by molar-refractivity contribution is 7.00. The van der Waals surface area contributed by atoms with Crippen molar-refractivity contribution in [3.63, 3.8) is 0 Å². The van der Waals surface area contributed by atoms with Gasteiger partial charge in [-0.1, -0.05) is 11.2 Å². The fourth-order valence-corrected chi connectivity index (χ4v) is 3.46. The first-order valence-corrected chi connectivity index (χ1v) is 8.53. The maximum absolute atomic E-state index is 12.9. The first-order valence-electron chi connectivity index (χ1n) is 7.80. The lowest BCUT2D eigenvalue weighted by Crippen LogP contribution is -2.28. The van der Waals surface area contributed by atoms with E-state index in [1.807, 2.05) is 18.2 Å². The van der Waals surface area contributed by atoms with Crippen molar-refractivity contribution in [2.75, 3.05) is 5.32 Å². The Morgan fingerprint density at radius 1 is 1.16 bits per heavy atom. The fraction of sp³-hybridized carbons (Fsp3) is 0.176. The highest BCUT2D eigenvalue weighted by atomic mass is 32.1. The number of hydrogen-bond donors (Lipinski definition) is 1. The second-order valence-corrected chi connectivity index (χ2v) is 6.56. The molecule has 25 heavy (non-hydrogen) atoms. The van der Waals surface area contributed by atoms with Crippen molar-refractivity contribution < 1.29 is 13.7 Å². The lowest BCUT2D eigenvalue weighted by molar-refractivity contribution is -0.118. The van der Waals surface area contributed by atoms with Crippen molar-refractivity contribution in [3.8, 4) is 11.5 Å². The van der Waals surface area contributed by atoms with Crippen LogP contribution in [0, 0.1) is 0 Å². The van der Waals surface area contributed by atoms with Gasteiger partial charge in [-0.05, 0) is 37.1 Å². The normalized spacial score (nSPS) is 15.4. The molecule has 124 valence electrons. The first-order chi connectivity index (χ1) is 12.3. The van der Waals surface area contributed by atoms with Crippen molar-refractivity contribution in [2.45, 2.75) is 18.3 Å². The molecule has 7 nitrogen and oxygen atoms in total. The monoisotopic (exact) mass is 352 g/mol. The van der Waals surface area contributed by atoms with Crippen LogP contribution in [0.3, 0.4) is 0 Å². The van der Waals surface area contributed by atoms with Crippen LogP contribution in [-0.4, -0.2) is 19.8 Å². The maximum atomic E-state index is 12.9. The number of rotatable bonds is 4. The molecule has 1 aliphatic carbocycles. The number of aromatic nitrogens is 3. The number of anilines is 1. The first kappa shape index (κ1) is 14.4. The summed E-state index contributed by atoms with van der Waals surface area (Å²) in [6, 6.07) is 10.9. The summed E-state index contributed by atoms with van der Waals surface area (Å²) in [6.45, 7) is 0. The average Bonchev–Trinajstić information content (AvgIpc) is 3.09. The van der Waals surface area contributed by atoms with E-state index in [1.54, 1.807) is 24.5 Å². The van der Waals surface area contributed by atoms with E-state index in [2.05, 4.69) is 19.2 Å². The molecule has 0 saturated heterocycles. The number of nitrogens with one attached hydrogen (secondary N) is 1. The summed E-state index contributed by atoms with van der Waals surface area (Å²) in [4.78, 5) is 12.9. The second-order valence-electron chi connectivity index (χ2n) is 6.03. The minimum Gasteiger partial charge on any atom is -0.461 e. The number of amides is 1. The summed E-state index contributed by atoms with van der Waals surface area (Å²) < 4.78 is 19.1. The lowest BCUT2D eigenvalue weighted by atomic mass is 10.0. The van der Waals surface area contributed by atoms with E-state index in [0.29, 0.717) is 28.4 Å². The Balaban J connectivity index is 1.44. The molecule has 0 radical (unpaired) electrons. The van der Waals surface area contributed by atoms with Gasteiger partial charge in [-0.15, -0.1) is 0 Å². The number of fused-ring (bicyclic) bond motifs is 1. The molecule has 1 N–H and O–H groups in total. The lowest BCUT2D eigenvalue weighted by Gasteiger charge is -2.12. The number of carbonyl (C=O) groups excluding carboxylic acids is 1. The van der Waals surface area contributed by atoms with E-state index in [1.165, 1.54) is 0 Å². The average molecular weight is 352 g/mol. The van der Waals surface area contributed by atoms with Gasteiger partial charge in [-0.25, -0.2) is 0 Å². The van der Waals surface area contributed by atoms with E-state index in [9.17, 15) is 4.79 Å². The fourth-order valence-electron chi connectivity index (χ4n) is 2.91. The summed E-state index contributed by atoms with van der Waals surface area (Å²) >= 11 is 1.13. The Hall–Kier alpha value is -3.00. The van der Waals surface area contributed by atoms with Gasteiger partial charge in [-0.3, -0.25) is 4.79 Å². The van der Waals surface area contributed by atoms with E-state index in [4.69, 9.17) is 8.94 Å². The summed E-state index contributed by atoms with van der Waals surface area (Å²) in [5, 5.41) is 7.08. The highest BCUT2D eigenvalue weighted by Crippen LogP contribution is 2.49. The summed E-state index contributed by atoms with van der Waals surface area (Å²) in [5.41, 5.74) is 2.11. The molecule has 1 amide bonds. The number of benzene rings is 1. The van der Waals surface area contributed by atoms with Gasteiger partial charge in [0.2, 0.25) is 11.7 Å². The van der Waals surface area contributed by atoms with E-state index < -0.39 is 5.41 Å². The van der Waals surface area contributed by atoms with Crippen molar-refractivity contribution in [3.05, 3.63) is 48.4 Å². The Morgan fingerprint density at radius 2 is 2.08 bits per heavy atom. The van der Waals surface area contributed by atoms with Crippen molar-refractivity contribution >= 4 is 34.4 Å². The predicted molar refractivity (Wildman–Crippen MR) is 91.2 cm³/mol. The largest absolute Gasteiger partial charge is 0.461 e. The topological polar surface area (TPSA) is 94.1 Å². The van der Waals surface area contributed by atoms with Crippen LogP contribution in [0.15, 0.2) is 51.6 Å². The smallest absolute Gasteiger partial charge is 0.236 e. The molecule has 1 saturated carbocycles. The van der Waals surface area contributed by atoms with Crippen LogP contribution < -0.4 is 5.32 Å². The third-order valence-corrected chi connectivity index (χ3v) is 5.03. The van der Waals surface area contributed by atoms with Gasteiger partial charge in [-0.2, -0.15) is 8.75 Å². The summed E-state index contributed by atoms with van der Waals surface area (Å²) in [6.07, 6.45) is 3.03. The van der Waals surface area contributed by atoms with E-state index >= 15 is 0 Å². The number of nitrogens with zero attached hydrogens (tertiary/aromatic N) is 3. The van der Waals surface area contributed by atoms with Crippen LogP contribution in [0.1, 0.15) is 18.5 Å². The predicted octanol–water partition coefficient (Wildman–Crippen LogP) is 3.61. The van der Waals surface area contributed by atoms with Crippen LogP contribution in [0.4, 0.5) is 5.69 Å². The molecule has 0 atom stereocenters. The van der Waals surface area contributed by atoms with Crippen LogP contribution in [0.5, 0.6) is 0 Å². The van der Waals surface area contributed by atoms with Crippen molar-refractivity contribution in [1.29, 1.82) is 0 Å². The van der Waals surface area contributed by atoms with E-state index in [-0.39, 0.29) is 5.91 Å². The van der Waals surface area contributed by atoms with Crippen LogP contribution in [0.2, 0.25) is 0 Å². The molecule has 0 unspecified atom stereocenters. The molecular weight excluding hydrogens is 340 g/mol. The summed E-state index contributed by atoms with van der Waals surface area (Å²) in [5.74, 6) is 1.01. The van der Waals surface area contributed by atoms with Crippen molar-refractivity contribution in [1.82, 2.24) is 13.9 Å². The molecular formula is C17H12N4O3S. The molecule has 3 heterocycles. The second kappa shape index (κ2) is 5.25. The standard InChI is InChI=1S/C17H12N4O3S/c22-16(18-10-3-1-4-11-15(10)21-25-20-11)17(6-7-17)14-9-13(24-19-14)12-5-2-8-23-12/h1-5,8-9H,6-7H2,(H,18,22). The Labute approximate surface area is 146 Å². The van der Waals surface area contributed by atoms with Gasteiger partial charge in [0.1, 0.15) is 11.0 Å². The van der Waals surface area contributed by atoms with Crippen LogP contribution in [-0.2, 0) is 10.2 Å². The van der Waals surface area contributed by atoms with Crippen LogP contribution in [0.25, 0.3) is 22.6 Å². The Bertz CT molecular complexity index is 1060. The molecule has 4 aromatic rings. The zero-order chi connectivity index (χ0) is 16.9. The molecule has 0 aliphatic heterocycles. The number of hydrogen-bond acceptors (Lipinski definition) is 7. The molecule has 1 aliphatic rings. The van der Waals surface area contributed by atoms with Gasteiger partial charge < -0.3 is 14.3 Å². The van der Waals surface area contributed by atoms with Crippen molar-refractivity contribution in [2.24, 2.45) is 0 Å². The Morgan fingerprint density at radius 3 is 2.88 bits per heavy atom. The molecule has 1 aromatic carbocycles. The zero-order valence-corrected chi connectivity index (χ0v) is 13.7. The molecule has 0 bridgehead atoms. The Kier molecular flexibility index (Phi) is 3.01. The van der Waals surface area contributed by atoms with Crippen LogP contribution >= 0.6 is 11.7 Å². The highest BCUT2D eigenvalue weighted by Gasteiger charge is 2.54. The molecule has 0 spiro atoms. The molecule has 5 rings (SSSR count). The molecule has 8 heteroatoms. The van der Waals surface area contributed by atoms with Gasteiger partial charge in [0, 0.05) is 6.07 Å². The third-order valence-electron chi connectivity index (χ3n) is 4.48. The zero-order valence-electron chi connectivity index (χ0n) is 12.9. The van der Waals surface area contributed by atoms with Gasteiger partial charge in [0.05, 0.1) is 34.8 Å². The number of carbonyl (C=O) groups is 1. The maximum Gasteiger partial charge on any atom is 0.236 e. The minimum atomic E-state index is -0.653.